The molecule has 13 heavy (non-hydrogen) atoms. The van der Waals surface area contributed by atoms with E-state index >= 15 is 0 Å². The molecule has 0 bridgehead atoms. The van der Waals surface area contributed by atoms with E-state index < -0.39 is 11.5 Å². The molecular weight excluding hydrogens is 174 g/mol. The molecule has 2 aliphatic heterocycles. The first-order valence-electron chi connectivity index (χ1n) is 4.87. The Hall–Kier alpha value is -0.220. The molecule has 0 aromatic carbocycles. The predicted octanol–water partition coefficient (Wildman–Crippen LogP) is 1.08. The van der Waals surface area contributed by atoms with Gasteiger partial charge in [-0.3, -0.25) is 0 Å². The van der Waals surface area contributed by atoms with Gasteiger partial charge < -0.3 is 10.2 Å². The zero-order valence-corrected chi connectivity index (χ0v) is 7.95. The summed E-state index contributed by atoms with van der Waals surface area (Å²) >= 11 is 0. The minimum atomic E-state index is -2.49. The third-order valence-corrected chi connectivity index (χ3v) is 3.44. The summed E-state index contributed by atoms with van der Waals surface area (Å²) < 4.78 is 27.1. The molecule has 0 atom stereocenters. The van der Waals surface area contributed by atoms with E-state index in [2.05, 4.69) is 10.2 Å². The standard InChI is InChI=1S/C9H16F2N2/c1-13-6-3-8(4-7-13)9(10,11)2-5-12-8/h12H,2-7H2,1H3. The maximum Gasteiger partial charge on any atom is 0.267 e. The van der Waals surface area contributed by atoms with Crippen LogP contribution in [0.15, 0.2) is 0 Å². The summed E-state index contributed by atoms with van der Waals surface area (Å²) in [4.78, 5) is 2.11. The average molecular weight is 190 g/mol. The zero-order chi connectivity index (χ0) is 9.53. The smallest absolute Gasteiger partial charge is 0.267 e. The van der Waals surface area contributed by atoms with Crippen molar-refractivity contribution in [1.82, 2.24) is 10.2 Å². The summed E-state index contributed by atoms with van der Waals surface area (Å²) in [6.45, 7) is 2.03. The van der Waals surface area contributed by atoms with Gasteiger partial charge in [-0.05, 0) is 33.0 Å². The van der Waals surface area contributed by atoms with Gasteiger partial charge in [0.05, 0.1) is 5.54 Å². The highest BCUT2D eigenvalue weighted by Crippen LogP contribution is 2.42. The van der Waals surface area contributed by atoms with E-state index in [0.717, 1.165) is 13.1 Å². The molecule has 0 radical (unpaired) electrons. The largest absolute Gasteiger partial charge is 0.306 e. The van der Waals surface area contributed by atoms with Crippen molar-refractivity contribution in [3.63, 3.8) is 0 Å². The monoisotopic (exact) mass is 190 g/mol. The maximum atomic E-state index is 13.5. The van der Waals surface area contributed by atoms with Crippen LogP contribution in [0.2, 0.25) is 0 Å². The Balaban J connectivity index is 2.12. The Morgan fingerprint density at radius 2 is 1.77 bits per heavy atom. The van der Waals surface area contributed by atoms with E-state index in [1.54, 1.807) is 0 Å². The van der Waals surface area contributed by atoms with Crippen molar-refractivity contribution in [1.29, 1.82) is 0 Å². The molecule has 2 saturated heterocycles. The summed E-state index contributed by atoms with van der Waals surface area (Å²) in [6.07, 6.45) is 1.17. The van der Waals surface area contributed by atoms with Crippen LogP contribution in [0.25, 0.3) is 0 Å². The second-order valence-electron chi connectivity index (χ2n) is 4.27. The van der Waals surface area contributed by atoms with Gasteiger partial charge in [0.1, 0.15) is 0 Å². The Labute approximate surface area is 77.3 Å². The fourth-order valence-corrected chi connectivity index (χ4v) is 2.37. The molecule has 0 saturated carbocycles. The van der Waals surface area contributed by atoms with E-state index in [1.807, 2.05) is 7.05 Å². The molecule has 0 amide bonds. The van der Waals surface area contributed by atoms with Gasteiger partial charge in [0.15, 0.2) is 0 Å². The SMILES string of the molecule is CN1CCC2(CC1)NCCC2(F)F. The number of nitrogens with zero attached hydrogens (tertiary/aromatic N) is 1. The van der Waals surface area contributed by atoms with Crippen molar-refractivity contribution in [2.24, 2.45) is 0 Å². The molecule has 1 spiro atoms. The van der Waals surface area contributed by atoms with Crippen LogP contribution >= 0.6 is 0 Å². The summed E-state index contributed by atoms with van der Waals surface area (Å²) in [6, 6.07) is 0. The number of hydrogen-bond donors (Lipinski definition) is 1. The van der Waals surface area contributed by atoms with Gasteiger partial charge in [-0.15, -0.1) is 0 Å². The van der Waals surface area contributed by atoms with Crippen LogP contribution in [-0.2, 0) is 0 Å². The van der Waals surface area contributed by atoms with E-state index in [0.29, 0.717) is 19.4 Å². The molecule has 2 nitrogen and oxygen atoms in total. The maximum absolute atomic E-state index is 13.5. The first-order valence-corrected chi connectivity index (χ1v) is 4.87. The van der Waals surface area contributed by atoms with Crippen LogP contribution < -0.4 is 5.32 Å². The van der Waals surface area contributed by atoms with Crippen LogP contribution in [0.4, 0.5) is 8.78 Å². The second kappa shape index (κ2) is 2.89. The van der Waals surface area contributed by atoms with Crippen molar-refractivity contribution in [2.45, 2.75) is 30.7 Å². The van der Waals surface area contributed by atoms with Gasteiger partial charge in [0.25, 0.3) is 5.92 Å². The molecular formula is C9H16F2N2. The normalized spacial score (nSPS) is 32.5. The molecule has 0 aromatic heterocycles. The molecule has 0 unspecified atom stereocenters. The molecule has 2 aliphatic rings. The highest BCUT2D eigenvalue weighted by molar-refractivity contribution is 5.07. The van der Waals surface area contributed by atoms with Crippen molar-refractivity contribution in [3.05, 3.63) is 0 Å². The van der Waals surface area contributed by atoms with Gasteiger partial charge in [-0.2, -0.15) is 0 Å². The van der Waals surface area contributed by atoms with Crippen LogP contribution in [0.3, 0.4) is 0 Å². The third kappa shape index (κ3) is 1.36. The second-order valence-corrected chi connectivity index (χ2v) is 4.27. The Bertz CT molecular complexity index is 198. The lowest BCUT2D eigenvalue weighted by Crippen LogP contribution is -2.57. The van der Waals surface area contributed by atoms with Gasteiger partial charge in [0.2, 0.25) is 0 Å². The molecule has 0 aromatic rings. The summed E-state index contributed by atoms with van der Waals surface area (Å²) in [5, 5.41) is 3.01. The lowest BCUT2D eigenvalue weighted by Gasteiger charge is -2.41. The molecule has 0 aliphatic carbocycles. The topological polar surface area (TPSA) is 15.3 Å². The number of likely N-dealkylation sites (tertiary alicyclic amines) is 1. The van der Waals surface area contributed by atoms with Gasteiger partial charge in [0, 0.05) is 13.0 Å². The summed E-state index contributed by atoms with van der Waals surface area (Å²) in [5.74, 6) is -2.49. The van der Waals surface area contributed by atoms with E-state index in [4.69, 9.17) is 0 Å². The van der Waals surface area contributed by atoms with Crippen molar-refractivity contribution < 1.29 is 8.78 Å². The predicted molar refractivity (Wildman–Crippen MR) is 47.0 cm³/mol. The van der Waals surface area contributed by atoms with Gasteiger partial charge in [-0.25, -0.2) is 8.78 Å². The fraction of sp³-hybridized carbons (Fsp3) is 1.00. The third-order valence-electron chi connectivity index (χ3n) is 3.44. The number of piperidine rings is 1. The molecule has 1 N–H and O–H groups in total. The lowest BCUT2D eigenvalue weighted by atomic mass is 9.83. The van der Waals surface area contributed by atoms with Crippen LogP contribution in [0, 0.1) is 0 Å². The number of halogens is 2. The summed E-state index contributed by atoms with van der Waals surface area (Å²) in [7, 11) is 1.99. The minimum Gasteiger partial charge on any atom is -0.306 e. The van der Waals surface area contributed by atoms with Crippen LogP contribution in [0.5, 0.6) is 0 Å². The number of rotatable bonds is 0. The Kier molecular flexibility index (Phi) is 2.07. The van der Waals surface area contributed by atoms with Crippen molar-refractivity contribution >= 4 is 0 Å². The number of nitrogens with one attached hydrogen (secondary N) is 1. The number of alkyl halides is 2. The van der Waals surface area contributed by atoms with Gasteiger partial charge >= 0.3 is 0 Å². The van der Waals surface area contributed by atoms with Crippen LogP contribution in [-0.4, -0.2) is 43.0 Å². The first-order chi connectivity index (χ1) is 6.06. The Morgan fingerprint density at radius 1 is 1.15 bits per heavy atom. The average Bonchev–Trinajstić information content (AvgIpc) is 2.34. The van der Waals surface area contributed by atoms with Crippen molar-refractivity contribution in [2.75, 3.05) is 26.7 Å². The molecule has 76 valence electrons. The van der Waals surface area contributed by atoms with E-state index in [1.165, 1.54) is 0 Å². The highest BCUT2D eigenvalue weighted by Gasteiger charge is 2.57. The molecule has 2 rings (SSSR count). The summed E-state index contributed by atoms with van der Waals surface area (Å²) in [5.41, 5.74) is -0.875. The highest BCUT2D eigenvalue weighted by atomic mass is 19.3. The van der Waals surface area contributed by atoms with Crippen LogP contribution in [0.1, 0.15) is 19.3 Å². The zero-order valence-electron chi connectivity index (χ0n) is 7.95. The van der Waals surface area contributed by atoms with E-state index in [9.17, 15) is 8.78 Å². The van der Waals surface area contributed by atoms with Gasteiger partial charge in [-0.1, -0.05) is 0 Å². The lowest BCUT2D eigenvalue weighted by molar-refractivity contribution is -0.0812. The minimum absolute atomic E-state index is 0.0106. The van der Waals surface area contributed by atoms with E-state index in [-0.39, 0.29) is 6.42 Å². The molecule has 2 heterocycles. The number of hydrogen-bond acceptors (Lipinski definition) is 2. The molecule has 2 fully saturated rings. The first kappa shape index (κ1) is 9.34. The Morgan fingerprint density at radius 3 is 2.23 bits per heavy atom. The van der Waals surface area contributed by atoms with Crippen molar-refractivity contribution in [3.8, 4) is 0 Å². The fourth-order valence-electron chi connectivity index (χ4n) is 2.37. The quantitative estimate of drug-likeness (QED) is 0.615. The molecule has 4 heteroatoms.